The van der Waals surface area contributed by atoms with Crippen molar-refractivity contribution in [1.82, 2.24) is 9.80 Å². The van der Waals surface area contributed by atoms with Crippen LogP contribution in [0.15, 0.2) is 47.1 Å². The summed E-state index contributed by atoms with van der Waals surface area (Å²) in [5, 5.41) is 0. The second kappa shape index (κ2) is 8.96. The number of hydrogen-bond acceptors (Lipinski definition) is 5. The van der Waals surface area contributed by atoms with Crippen molar-refractivity contribution in [3.63, 3.8) is 0 Å². The highest BCUT2D eigenvalue weighted by Crippen LogP contribution is 2.26. The Morgan fingerprint density at radius 2 is 1.74 bits per heavy atom. The standard InChI is InChI=1S/C24H28N2O5/c1-16-7-5-8-17(2)26(16)22(27)15-31-24(29)20-13-18-9-3-4-10-19(18)14-25(20)23(28)21-11-6-12-30-21/h3-4,6,9-12,16-17,20H,5,7-8,13-15H2,1-2H3/t16?,17?,20-/m0/s1. The molecular weight excluding hydrogens is 396 g/mol. The molecule has 2 amide bonds. The molecule has 0 spiro atoms. The van der Waals surface area contributed by atoms with Gasteiger partial charge in [0.1, 0.15) is 6.04 Å². The molecule has 7 heteroatoms. The Morgan fingerprint density at radius 3 is 2.42 bits per heavy atom. The first-order valence-electron chi connectivity index (χ1n) is 10.8. The van der Waals surface area contributed by atoms with Crippen LogP contribution in [0.1, 0.15) is 54.8 Å². The number of furan rings is 1. The molecule has 1 fully saturated rings. The molecule has 2 unspecified atom stereocenters. The van der Waals surface area contributed by atoms with Crippen molar-refractivity contribution in [1.29, 1.82) is 0 Å². The third-order valence-corrected chi connectivity index (χ3v) is 6.33. The summed E-state index contributed by atoms with van der Waals surface area (Å²) in [7, 11) is 0. The van der Waals surface area contributed by atoms with Crippen LogP contribution in [-0.2, 0) is 27.3 Å². The van der Waals surface area contributed by atoms with Crippen LogP contribution in [0.25, 0.3) is 0 Å². The quantitative estimate of drug-likeness (QED) is 0.705. The van der Waals surface area contributed by atoms with Crippen LogP contribution in [0.3, 0.4) is 0 Å². The maximum atomic E-state index is 13.0. The van der Waals surface area contributed by atoms with Crippen LogP contribution < -0.4 is 0 Å². The highest BCUT2D eigenvalue weighted by molar-refractivity contribution is 5.95. The van der Waals surface area contributed by atoms with E-state index in [1.807, 2.05) is 43.0 Å². The summed E-state index contributed by atoms with van der Waals surface area (Å²) in [6.45, 7) is 4.02. The van der Waals surface area contributed by atoms with Crippen LogP contribution in [-0.4, -0.2) is 52.3 Å². The molecule has 1 saturated heterocycles. The lowest BCUT2D eigenvalue weighted by molar-refractivity contribution is -0.158. The van der Waals surface area contributed by atoms with Gasteiger partial charge in [-0.05, 0) is 56.4 Å². The monoisotopic (exact) mass is 424 g/mol. The normalized spacial score (nSPS) is 23.2. The first kappa shape index (κ1) is 21.2. The topological polar surface area (TPSA) is 80.1 Å². The molecule has 2 aromatic rings. The van der Waals surface area contributed by atoms with Crippen molar-refractivity contribution in [2.24, 2.45) is 0 Å². The van der Waals surface area contributed by atoms with Gasteiger partial charge in [-0.3, -0.25) is 9.59 Å². The van der Waals surface area contributed by atoms with Crippen LogP contribution in [0.2, 0.25) is 0 Å². The Kier molecular flexibility index (Phi) is 6.11. The number of piperidine rings is 1. The van der Waals surface area contributed by atoms with Crippen molar-refractivity contribution in [2.75, 3.05) is 6.61 Å². The summed E-state index contributed by atoms with van der Waals surface area (Å²) in [6.07, 6.45) is 4.77. The van der Waals surface area contributed by atoms with Gasteiger partial charge in [0.15, 0.2) is 12.4 Å². The number of likely N-dealkylation sites (tertiary alicyclic amines) is 1. The highest BCUT2D eigenvalue weighted by atomic mass is 16.5. The van der Waals surface area contributed by atoms with Gasteiger partial charge < -0.3 is 19.0 Å². The minimum Gasteiger partial charge on any atom is -0.459 e. The largest absolute Gasteiger partial charge is 0.459 e. The van der Waals surface area contributed by atoms with Gasteiger partial charge in [0.05, 0.1) is 6.26 Å². The second-order valence-electron chi connectivity index (χ2n) is 8.44. The average Bonchev–Trinajstić information content (AvgIpc) is 3.31. The second-order valence-corrected chi connectivity index (χ2v) is 8.44. The molecule has 0 radical (unpaired) electrons. The Bertz CT molecular complexity index is 945. The van der Waals surface area contributed by atoms with Gasteiger partial charge in [-0.1, -0.05) is 24.3 Å². The van der Waals surface area contributed by atoms with E-state index in [0.717, 1.165) is 30.4 Å². The number of amides is 2. The van der Waals surface area contributed by atoms with Gasteiger partial charge in [0.25, 0.3) is 11.8 Å². The summed E-state index contributed by atoms with van der Waals surface area (Å²) < 4.78 is 10.7. The van der Waals surface area contributed by atoms with Gasteiger partial charge in [0.2, 0.25) is 0 Å². The Labute approximate surface area is 181 Å². The molecule has 1 aromatic heterocycles. The smallest absolute Gasteiger partial charge is 0.329 e. The SMILES string of the molecule is CC1CCCC(C)N1C(=O)COC(=O)[C@@H]1Cc2ccccc2CN1C(=O)c1ccco1. The van der Waals surface area contributed by atoms with E-state index in [-0.39, 0.29) is 42.8 Å². The van der Waals surface area contributed by atoms with Crippen LogP contribution in [0, 0.1) is 0 Å². The molecule has 2 aliphatic rings. The Morgan fingerprint density at radius 1 is 1.03 bits per heavy atom. The fourth-order valence-electron chi connectivity index (χ4n) is 4.71. The van der Waals surface area contributed by atoms with Crippen molar-refractivity contribution in [3.05, 3.63) is 59.5 Å². The molecule has 31 heavy (non-hydrogen) atoms. The van der Waals surface area contributed by atoms with E-state index < -0.39 is 12.0 Å². The van der Waals surface area contributed by atoms with Crippen molar-refractivity contribution < 1.29 is 23.5 Å². The lowest BCUT2D eigenvalue weighted by Crippen LogP contribution is -2.51. The molecule has 164 valence electrons. The Hall–Kier alpha value is -3.09. The molecule has 1 aromatic carbocycles. The van der Waals surface area contributed by atoms with Gasteiger partial charge in [-0.15, -0.1) is 0 Å². The molecule has 0 aliphatic carbocycles. The molecular formula is C24H28N2O5. The summed E-state index contributed by atoms with van der Waals surface area (Å²) >= 11 is 0. The van der Waals surface area contributed by atoms with E-state index >= 15 is 0 Å². The zero-order chi connectivity index (χ0) is 22.0. The first-order valence-corrected chi connectivity index (χ1v) is 10.8. The number of carbonyl (C=O) groups excluding carboxylic acids is 3. The number of fused-ring (bicyclic) bond motifs is 1. The summed E-state index contributed by atoms with van der Waals surface area (Å²) in [6, 6.07) is 10.4. The molecule has 3 atom stereocenters. The fraction of sp³-hybridized carbons (Fsp3) is 0.458. The molecule has 2 aliphatic heterocycles. The van der Waals surface area contributed by atoms with E-state index in [1.165, 1.54) is 11.2 Å². The summed E-state index contributed by atoms with van der Waals surface area (Å²) in [4.78, 5) is 42.1. The molecule has 3 heterocycles. The molecule has 0 saturated carbocycles. The molecule has 0 N–H and O–H groups in total. The van der Waals surface area contributed by atoms with Crippen molar-refractivity contribution in [3.8, 4) is 0 Å². The number of ether oxygens (including phenoxy) is 1. The predicted molar refractivity (Wildman–Crippen MR) is 113 cm³/mol. The zero-order valence-corrected chi connectivity index (χ0v) is 18.0. The fourth-order valence-corrected chi connectivity index (χ4v) is 4.71. The van der Waals surface area contributed by atoms with Gasteiger partial charge in [0, 0.05) is 25.0 Å². The summed E-state index contributed by atoms with van der Waals surface area (Å²) in [5.74, 6) is -0.955. The van der Waals surface area contributed by atoms with Crippen LogP contribution >= 0.6 is 0 Å². The number of hydrogen-bond donors (Lipinski definition) is 0. The number of rotatable bonds is 4. The van der Waals surface area contributed by atoms with Crippen molar-refractivity contribution >= 4 is 17.8 Å². The first-order chi connectivity index (χ1) is 15.0. The lowest BCUT2D eigenvalue weighted by Gasteiger charge is -2.39. The number of carbonyl (C=O) groups is 3. The van der Waals surface area contributed by atoms with E-state index in [2.05, 4.69) is 0 Å². The zero-order valence-electron chi connectivity index (χ0n) is 18.0. The maximum absolute atomic E-state index is 13.0. The maximum Gasteiger partial charge on any atom is 0.329 e. The van der Waals surface area contributed by atoms with Crippen LogP contribution in [0.4, 0.5) is 0 Å². The number of esters is 1. The van der Waals surface area contributed by atoms with E-state index in [4.69, 9.17) is 9.15 Å². The number of nitrogens with zero attached hydrogens (tertiary/aromatic N) is 2. The molecule has 4 rings (SSSR count). The van der Waals surface area contributed by atoms with Gasteiger partial charge in [-0.2, -0.15) is 0 Å². The minimum absolute atomic E-state index is 0.133. The lowest BCUT2D eigenvalue weighted by atomic mass is 9.93. The molecule has 7 nitrogen and oxygen atoms in total. The third kappa shape index (κ3) is 4.36. The minimum atomic E-state index is -0.809. The third-order valence-electron chi connectivity index (χ3n) is 6.33. The highest BCUT2D eigenvalue weighted by Gasteiger charge is 2.38. The van der Waals surface area contributed by atoms with Crippen LogP contribution in [0.5, 0.6) is 0 Å². The van der Waals surface area contributed by atoms with Gasteiger partial charge in [-0.25, -0.2) is 4.79 Å². The van der Waals surface area contributed by atoms with Crippen molar-refractivity contribution in [2.45, 2.75) is 64.2 Å². The van der Waals surface area contributed by atoms with E-state index in [0.29, 0.717) is 6.42 Å². The van der Waals surface area contributed by atoms with E-state index in [1.54, 1.807) is 12.1 Å². The molecule has 0 bridgehead atoms. The average molecular weight is 424 g/mol. The van der Waals surface area contributed by atoms with Gasteiger partial charge >= 0.3 is 5.97 Å². The Balaban J connectivity index is 1.49. The van der Waals surface area contributed by atoms with E-state index in [9.17, 15) is 14.4 Å². The predicted octanol–water partition coefficient (Wildman–Crippen LogP) is 3.18. The number of benzene rings is 1. The summed E-state index contributed by atoms with van der Waals surface area (Å²) in [5.41, 5.74) is 1.98.